The van der Waals surface area contributed by atoms with E-state index in [0.717, 1.165) is 50.5 Å². The van der Waals surface area contributed by atoms with Crippen LogP contribution in [0.2, 0.25) is 0 Å². The van der Waals surface area contributed by atoms with Crippen molar-refractivity contribution >= 4 is 5.97 Å². The van der Waals surface area contributed by atoms with E-state index in [2.05, 4.69) is 33.4 Å². The Balaban J connectivity index is 2.35. The van der Waals surface area contributed by atoms with Gasteiger partial charge in [-0.2, -0.15) is 0 Å². The molecule has 3 atom stereocenters. The van der Waals surface area contributed by atoms with Crippen molar-refractivity contribution in [1.29, 1.82) is 0 Å². The highest BCUT2D eigenvalue weighted by molar-refractivity contribution is 5.94. The fourth-order valence-electron chi connectivity index (χ4n) is 5.58. The predicted molar refractivity (Wildman–Crippen MR) is 157 cm³/mol. The van der Waals surface area contributed by atoms with Gasteiger partial charge in [0, 0.05) is 18.1 Å². The first-order chi connectivity index (χ1) is 18.4. The topological polar surface area (TPSA) is 122 Å². The van der Waals surface area contributed by atoms with E-state index in [4.69, 9.17) is 15.2 Å². The van der Waals surface area contributed by atoms with Crippen LogP contribution in [0.25, 0.3) is 0 Å². The molecule has 1 aromatic rings. The second-order valence-corrected chi connectivity index (χ2v) is 11.8. The zero-order chi connectivity index (χ0) is 29.2. The molecule has 0 radical (unpaired) electrons. The largest absolute Gasteiger partial charge is 0.507 e. The maximum Gasteiger partial charge on any atom is 0.339 e. The number of aromatic hydroxyl groups is 1. The highest BCUT2D eigenvalue weighted by Crippen LogP contribution is 2.48. The molecule has 7 nitrogen and oxygen atoms in total. The van der Waals surface area contributed by atoms with Gasteiger partial charge in [-0.1, -0.05) is 44.1 Å². The molecule has 0 aliphatic heterocycles. The second kappa shape index (κ2) is 15.4. The van der Waals surface area contributed by atoms with Crippen LogP contribution >= 0.6 is 0 Å². The van der Waals surface area contributed by atoms with Crippen LogP contribution in [-0.2, 0) is 11.2 Å². The lowest BCUT2D eigenvalue weighted by molar-refractivity contribution is -0.0471. The summed E-state index contributed by atoms with van der Waals surface area (Å²) in [5.41, 5.74) is 8.63. The Morgan fingerprint density at radius 1 is 1.26 bits per heavy atom. The van der Waals surface area contributed by atoms with E-state index >= 15 is 0 Å². The number of phenols is 1. The minimum absolute atomic E-state index is 0.0522. The van der Waals surface area contributed by atoms with E-state index in [1.54, 1.807) is 6.07 Å². The molecule has 7 heteroatoms. The Morgan fingerprint density at radius 3 is 2.56 bits per heavy atom. The third kappa shape index (κ3) is 9.37. The molecular formula is C32H51NO6. The van der Waals surface area contributed by atoms with Crippen LogP contribution in [0.5, 0.6) is 11.5 Å². The molecule has 0 saturated carbocycles. The molecule has 0 spiro atoms. The van der Waals surface area contributed by atoms with E-state index in [0.29, 0.717) is 42.4 Å². The highest BCUT2D eigenvalue weighted by Gasteiger charge is 2.34. The van der Waals surface area contributed by atoms with Gasteiger partial charge >= 0.3 is 5.97 Å². The maximum absolute atomic E-state index is 12.4. The number of hydrogen-bond donors (Lipinski definition) is 4. The van der Waals surface area contributed by atoms with Crippen molar-refractivity contribution in [3.05, 3.63) is 46.6 Å². The Morgan fingerprint density at radius 2 is 1.97 bits per heavy atom. The molecule has 1 aliphatic rings. The zero-order valence-electron chi connectivity index (χ0n) is 24.7. The van der Waals surface area contributed by atoms with E-state index in [9.17, 15) is 20.1 Å². The third-order valence-electron chi connectivity index (χ3n) is 7.88. The number of carboxylic acid groups (broad SMARTS) is 1. The fourth-order valence-corrected chi connectivity index (χ4v) is 5.58. The highest BCUT2D eigenvalue weighted by atomic mass is 16.5. The van der Waals surface area contributed by atoms with E-state index in [1.807, 2.05) is 13.8 Å². The molecule has 0 heterocycles. The van der Waals surface area contributed by atoms with Crippen LogP contribution in [0.1, 0.15) is 107 Å². The number of rotatable bonds is 17. The molecule has 220 valence electrons. The number of carboxylic acids is 1. The van der Waals surface area contributed by atoms with Crippen LogP contribution in [0.3, 0.4) is 0 Å². The number of hydrogen-bond acceptors (Lipinski definition) is 6. The van der Waals surface area contributed by atoms with Crippen molar-refractivity contribution < 1.29 is 29.6 Å². The Labute approximate surface area is 235 Å². The predicted octanol–water partition coefficient (Wildman–Crippen LogP) is 6.36. The summed E-state index contributed by atoms with van der Waals surface area (Å²) in [4.78, 5) is 12.4. The Hall–Kier alpha value is -2.35. The fraction of sp³-hybridized carbons (Fsp3) is 0.656. The molecule has 5 N–H and O–H groups in total. The van der Waals surface area contributed by atoms with Gasteiger partial charge < -0.3 is 30.5 Å². The normalized spacial score (nSPS) is 19.0. The number of allylic oxidation sites excluding steroid dienone is 3. The number of unbranched alkanes of at least 4 members (excludes halogenated alkanes) is 1. The number of ether oxygens (including phenoxy) is 2. The van der Waals surface area contributed by atoms with Crippen molar-refractivity contribution in [2.75, 3.05) is 26.4 Å². The van der Waals surface area contributed by atoms with Crippen molar-refractivity contribution in [2.45, 2.75) is 97.5 Å². The summed E-state index contributed by atoms with van der Waals surface area (Å²) in [5, 5.41) is 31.0. The first-order valence-corrected chi connectivity index (χ1v) is 14.5. The third-order valence-corrected chi connectivity index (χ3v) is 7.88. The lowest BCUT2D eigenvalue weighted by Crippen LogP contribution is -2.32. The molecule has 0 fully saturated rings. The second-order valence-electron chi connectivity index (χ2n) is 11.8. The van der Waals surface area contributed by atoms with Gasteiger partial charge in [0.15, 0.2) is 0 Å². The molecule has 2 rings (SSSR count). The maximum atomic E-state index is 12.4. The van der Waals surface area contributed by atoms with Crippen molar-refractivity contribution in [3.8, 4) is 11.5 Å². The quantitative estimate of drug-likeness (QED) is 0.133. The van der Waals surface area contributed by atoms with Crippen LogP contribution in [0.4, 0.5) is 0 Å². The van der Waals surface area contributed by atoms with Gasteiger partial charge in [0.2, 0.25) is 0 Å². The first kappa shape index (κ1) is 32.9. The minimum Gasteiger partial charge on any atom is -0.507 e. The summed E-state index contributed by atoms with van der Waals surface area (Å²) in [6.07, 6.45) is 8.48. The van der Waals surface area contributed by atoms with Gasteiger partial charge in [-0.05, 0) is 95.7 Å². The first-order valence-electron chi connectivity index (χ1n) is 14.5. The number of benzene rings is 1. The molecule has 0 bridgehead atoms. The lowest BCUT2D eigenvalue weighted by Gasteiger charge is -2.32. The Bertz CT molecular complexity index is 1000. The molecule has 0 aromatic heterocycles. The smallest absolute Gasteiger partial charge is 0.339 e. The molecule has 1 aliphatic carbocycles. The number of aryl methyl sites for hydroxylation is 1. The monoisotopic (exact) mass is 545 g/mol. The minimum atomic E-state index is -1.16. The number of aliphatic hydroxyl groups excluding tert-OH is 1. The van der Waals surface area contributed by atoms with Crippen molar-refractivity contribution in [3.63, 3.8) is 0 Å². The van der Waals surface area contributed by atoms with Crippen LogP contribution in [0.15, 0.2) is 29.9 Å². The van der Waals surface area contributed by atoms with Gasteiger partial charge in [0.25, 0.3) is 0 Å². The average Bonchev–Trinajstić information content (AvgIpc) is 2.84. The molecule has 1 aromatic carbocycles. The molecule has 0 saturated heterocycles. The van der Waals surface area contributed by atoms with Crippen LogP contribution in [0, 0.1) is 11.8 Å². The van der Waals surface area contributed by atoms with Gasteiger partial charge in [0.1, 0.15) is 23.7 Å². The Kier molecular flexibility index (Phi) is 13.0. The van der Waals surface area contributed by atoms with Gasteiger partial charge in [-0.3, -0.25) is 0 Å². The molecule has 39 heavy (non-hydrogen) atoms. The molecule has 0 amide bonds. The van der Waals surface area contributed by atoms with E-state index < -0.39 is 5.97 Å². The van der Waals surface area contributed by atoms with E-state index in [-0.39, 0.29) is 42.0 Å². The summed E-state index contributed by atoms with van der Waals surface area (Å²) < 4.78 is 12.1. The van der Waals surface area contributed by atoms with Crippen LogP contribution in [-0.4, -0.2) is 53.3 Å². The van der Waals surface area contributed by atoms with Crippen LogP contribution < -0.4 is 10.5 Å². The summed E-state index contributed by atoms with van der Waals surface area (Å²) >= 11 is 0. The average molecular weight is 546 g/mol. The standard InChI is InChI=1S/C32H51NO6/c1-21(2)12-17-39-32(6,14-15-33)13-8-7-9-24-20-27(38-18-16-34)29(30(35)28(24)31(36)37)26-19-23(5)10-11-25(26)22(3)4/h19-21,25-26,34-35H,3,7-18,33H2,1-2,4-6H3,(H,36,37). The molecule has 3 unspecified atom stereocenters. The number of nitrogens with two attached hydrogens (primary N) is 1. The van der Waals surface area contributed by atoms with E-state index in [1.165, 1.54) is 5.57 Å². The number of carbonyl (C=O) groups is 1. The van der Waals surface area contributed by atoms with Gasteiger partial charge in [-0.25, -0.2) is 4.79 Å². The van der Waals surface area contributed by atoms with Gasteiger partial charge in [-0.15, -0.1) is 0 Å². The van der Waals surface area contributed by atoms with Crippen molar-refractivity contribution in [1.82, 2.24) is 0 Å². The summed E-state index contributed by atoms with van der Waals surface area (Å²) in [7, 11) is 0. The molecular weight excluding hydrogens is 494 g/mol. The zero-order valence-corrected chi connectivity index (χ0v) is 24.7. The number of aromatic carboxylic acids is 1. The summed E-state index contributed by atoms with van der Waals surface area (Å²) in [6, 6.07) is 1.75. The van der Waals surface area contributed by atoms with Gasteiger partial charge in [0.05, 0.1) is 12.2 Å². The SMILES string of the molecule is C=C(C)C1CCC(C)=CC1c1c(OCCO)cc(CCCCC(C)(CCN)OCCC(C)C)c(C(=O)O)c1O. The lowest BCUT2D eigenvalue weighted by atomic mass is 9.73. The summed E-state index contributed by atoms with van der Waals surface area (Å²) in [6.45, 7) is 15.7. The summed E-state index contributed by atoms with van der Waals surface area (Å²) in [5.74, 6) is -0.616. The number of aliphatic hydroxyl groups is 1. The van der Waals surface area contributed by atoms with Crippen molar-refractivity contribution in [2.24, 2.45) is 17.6 Å².